The zero-order valence-corrected chi connectivity index (χ0v) is 8.29. The molecule has 0 atom stereocenters. The van der Waals surface area contributed by atoms with Gasteiger partial charge < -0.3 is 10.5 Å². The zero-order valence-electron chi connectivity index (χ0n) is 8.29. The molecule has 0 saturated heterocycles. The first-order valence-corrected chi connectivity index (χ1v) is 4.48. The second-order valence-electron chi connectivity index (χ2n) is 3.01. The van der Waals surface area contributed by atoms with Gasteiger partial charge in [0.15, 0.2) is 0 Å². The quantitative estimate of drug-likeness (QED) is 0.637. The normalized spacial score (nSPS) is 9.86. The van der Waals surface area contributed by atoms with E-state index in [1.54, 1.807) is 12.1 Å². The fourth-order valence-corrected chi connectivity index (χ4v) is 1.13. The summed E-state index contributed by atoms with van der Waals surface area (Å²) in [6.45, 7) is 4.53. The third-order valence-corrected chi connectivity index (χ3v) is 1.81. The number of hydrazine groups is 1. The van der Waals surface area contributed by atoms with Crippen LogP contribution in [-0.4, -0.2) is 17.6 Å². The lowest BCUT2D eigenvalue weighted by Crippen LogP contribution is -2.22. The summed E-state index contributed by atoms with van der Waals surface area (Å²) in [6, 6.07) is 5.26. The molecule has 0 bridgehead atoms. The van der Waals surface area contributed by atoms with Crippen molar-refractivity contribution in [2.75, 3.05) is 12.0 Å². The van der Waals surface area contributed by atoms with Gasteiger partial charge >= 0.3 is 5.97 Å². The van der Waals surface area contributed by atoms with E-state index in [-0.39, 0.29) is 5.56 Å². The molecule has 0 radical (unpaired) electrons. The molecule has 1 rings (SSSR count). The number of carboxylic acid groups (broad SMARTS) is 1. The molecule has 4 heteroatoms. The molecule has 0 aliphatic carbocycles. The Morgan fingerprint density at radius 1 is 1.50 bits per heavy atom. The molecule has 0 aliphatic rings. The summed E-state index contributed by atoms with van der Waals surface area (Å²) in [4.78, 5) is 10.9. The van der Waals surface area contributed by atoms with Crippen LogP contribution >= 0.6 is 0 Å². The van der Waals surface area contributed by atoms with Crippen LogP contribution in [-0.2, 0) is 0 Å². The fourth-order valence-electron chi connectivity index (χ4n) is 1.13. The topological polar surface area (TPSA) is 61.4 Å². The summed E-state index contributed by atoms with van der Waals surface area (Å²) in [5.74, 6) is -0.922. The molecule has 0 heterocycles. The van der Waals surface area contributed by atoms with Crippen molar-refractivity contribution in [2.45, 2.75) is 13.8 Å². The number of carbonyl (C=O) groups is 1. The maximum Gasteiger partial charge on any atom is 0.337 e. The van der Waals surface area contributed by atoms with E-state index >= 15 is 0 Å². The summed E-state index contributed by atoms with van der Waals surface area (Å²) in [5, 5.41) is 8.92. The first kappa shape index (κ1) is 10.5. The van der Waals surface area contributed by atoms with Crippen LogP contribution in [0.15, 0.2) is 18.2 Å². The third-order valence-electron chi connectivity index (χ3n) is 1.81. The van der Waals surface area contributed by atoms with E-state index in [4.69, 9.17) is 5.11 Å². The highest BCUT2D eigenvalue weighted by molar-refractivity contribution is 5.94. The number of benzene rings is 1. The highest BCUT2D eigenvalue weighted by atomic mass is 16.4. The van der Waals surface area contributed by atoms with Gasteiger partial charge in [-0.2, -0.15) is 0 Å². The standard InChI is InChI=1S/C10H14N2O2/c1-3-11-12-9-5-4-7(2)6-8(9)10(13)14/h4-6,11-12H,3H2,1-2H3,(H,13,14). The lowest BCUT2D eigenvalue weighted by Gasteiger charge is -2.09. The SMILES string of the molecule is CCNNc1ccc(C)cc1C(=O)O. The molecule has 1 aromatic rings. The molecule has 0 spiro atoms. The number of rotatable bonds is 4. The molecule has 76 valence electrons. The molecule has 0 fully saturated rings. The second-order valence-corrected chi connectivity index (χ2v) is 3.01. The molecule has 0 aliphatic heterocycles. The van der Waals surface area contributed by atoms with Crippen LogP contribution in [0.25, 0.3) is 0 Å². The zero-order chi connectivity index (χ0) is 10.6. The van der Waals surface area contributed by atoms with Crippen LogP contribution in [0.2, 0.25) is 0 Å². The van der Waals surface area contributed by atoms with Crippen LogP contribution in [0.5, 0.6) is 0 Å². The molecular weight excluding hydrogens is 180 g/mol. The van der Waals surface area contributed by atoms with Gasteiger partial charge in [-0.3, -0.25) is 0 Å². The van der Waals surface area contributed by atoms with Gasteiger partial charge in [0.25, 0.3) is 0 Å². The minimum absolute atomic E-state index is 0.283. The van der Waals surface area contributed by atoms with Crippen LogP contribution in [0.4, 0.5) is 5.69 Å². The second kappa shape index (κ2) is 4.62. The van der Waals surface area contributed by atoms with Crippen LogP contribution < -0.4 is 10.9 Å². The van der Waals surface area contributed by atoms with E-state index in [1.165, 1.54) is 0 Å². The van der Waals surface area contributed by atoms with E-state index < -0.39 is 5.97 Å². The Morgan fingerprint density at radius 2 is 2.21 bits per heavy atom. The van der Waals surface area contributed by atoms with Crippen molar-refractivity contribution in [3.63, 3.8) is 0 Å². The van der Waals surface area contributed by atoms with Crippen LogP contribution in [0.3, 0.4) is 0 Å². The van der Waals surface area contributed by atoms with Gasteiger partial charge in [0.1, 0.15) is 0 Å². The lowest BCUT2D eigenvalue weighted by atomic mass is 10.1. The van der Waals surface area contributed by atoms with Crippen molar-refractivity contribution in [3.8, 4) is 0 Å². The maximum atomic E-state index is 10.9. The Bertz CT molecular complexity index is 337. The molecule has 0 amide bonds. The summed E-state index contributed by atoms with van der Waals surface area (Å²) >= 11 is 0. The number of nitrogens with one attached hydrogen (secondary N) is 2. The summed E-state index contributed by atoms with van der Waals surface area (Å²) in [5.41, 5.74) is 7.51. The molecule has 3 N–H and O–H groups in total. The minimum atomic E-state index is -0.922. The van der Waals surface area contributed by atoms with E-state index in [0.29, 0.717) is 5.69 Å². The van der Waals surface area contributed by atoms with Crippen molar-refractivity contribution >= 4 is 11.7 Å². The Morgan fingerprint density at radius 3 is 2.79 bits per heavy atom. The number of aryl methyl sites for hydroxylation is 1. The average molecular weight is 194 g/mol. The highest BCUT2D eigenvalue weighted by Gasteiger charge is 2.08. The Balaban J connectivity index is 2.96. The predicted molar refractivity (Wildman–Crippen MR) is 55.4 cm³/mol. The summed E-state index contributed by atoms with van der Waals surface area (Å²) in [6.07, 6.45) is 0. The highest BCUT2D eigenvalue weighted by Crippen LogP contribution is 2.16. The monoisotopic (exact) mass is 194 g/mol. The number of carboxylic acids is 1. The Kier molecular flexibility index (Phi) is 3.48. The number of aromatic carboxylic acids is 1. The first-order valence-electron chi connectivity index (χ1n) is 4.48. The molecule has 14 heavy (non-hydrogen) atoms. The number of hydrogen-bond donors (Lipinski definition) is 3. The van der Waals surface area contributed by atoms with Crippen molar-refractivity contribution in [1.82, 2.24) is 5.43 Å². The predicted octanol–water partition coefficient (Wildman–Crippen LogP) is 1.63. The van der Waals surface area contributed by atoms with Gasteiger partial charge in [-0.25, -0.2) is 10.2 Å². The average Bonchev–Trinajstić information content (AvgIpc) is 2.15. The fraction of sp³-hybridized carbons (Fsp3) is 0.300. The van der Waals surface area contributed by atoms with E-state index in [0.717, 1.165) is 12.1 Å². The van der Waals surface area contributed by atoms with E-state index in [1.807, 2.05) is 19.9 Å². The van der Waals surface area contributed by atoms with Gasteiger partial charge in [-0.15, -0.1) is 0 Å². The molecule has 1 aromatic carbocycles. The minimum Gasteiger partial charge on any atom is -0.478 e. The van der Waals surface area contributed by atoms with Crippen molar-refractivity contribution in [3.05, 3.63) is 29.3 Å². The molecule has 4 nitrogen and oxygen atoms in total. The maximum absolute atomic E-state index is 10.9. The Labute approximate surface area is 82.9 Å². The first-order chi connectivity index (χ1) is 6.65. The van der Waals surface area contributed by atoms with Crippen molar-refractivity contribution < 1.29 is 9.90 Å². The summed E-state index contributed by atoms with van der Waals surface area (Å²) < 4.78 is 0. The van der Waals surface area contributed by atoms with Crippen molar-refractivity contribution in [1.29, 1.82) is 0 Å². The third kappa shape index (κ3) is 2.47. The molecule has 0 unspecified atom stereocenters. The number of hydrogen-bond acceptors (Lipinski definition) is 3. The summed E-state index contributed by atoms with van der Waals surface area (Å²) in [7, 11) is 0. The Hall–Kier alpha value is -1.55. The smallest absolute Gasteiger partial charge is 0.337 e. The van der Waals surface area contributed by atoms with E-state index in [2.05, 4.69) is 10.9 Å². The number of anilines is 1. The van der Waals surface area contributed by atoms with Gasteiger partial charge in [0, 0.05) is 6.54 Å². The molecule has 0 aromatic heterocycles. The van der Waals surface area contributed by atoms with Gasteiger partial charge in [0.05, 0.1) is 11.3 Å². The van der Waals surface area contributed by atoms with Crippen molar-refractivity contribution in [2.24, 2.45) is 0 Å². The van der Waals surface area contributed by atoms with E-state index in [9.17, 15) is 4.79 Å². The van der Waals surface area contributed by atoms with Gasteiger partial charge in [-0.05, 0) is 19.1 Å². The van der Waals surface area contributed by atoms with Crippen LogP contribution in [0.1, 0.15) is 22.8 Å². The lowest BCUT2D eigenvalue weighted by molar-refractivity contribution is 0.0697. The van der Waals surface area contributed by atoms with Gasteiger partial charge in [0.2, 0.25) is 0 Å². The molecule has 0 saturated carbocycles. The van der Waals surface area contributed by atoms with Crippen LogP contribution in [0, 0.1) is 6.92 Å². The molecular formula is C10H14N2O2. The largest absolute Gasteiger partial charge is 0.478 e. The van der Waals surface area contributed by atoms with Gasteiger partial charge in [-0.1, -0.05) is 18.6 Å².